The quantitative estimate of drug-likeness (QED) is 0.893. The second-order valence-corrected chi connectivity index (χ2v) is 5.02. The second-order valence-electron chi connectivity index (χ2n) is 5.02. The summed E-state index contributed by atoms with van der Waals surface area (Å²) in [6.45, 7) is 6.28. The molecule has 0 saturated carbocycles. The molecule has 3 unspecified atom stereocenters. The van der Waals surface area contributed by atoms with E-state index in [1.807, 2.05) is 6.07 Å². The predicted molar refractivity (Wildman–Crippen MR) is 69.8 cm³/mol. The Morgan fingerprint density at radius 2 is 2.06 bits per heavy atom. The Kier molecular flexibility index (Phi) is 4.32. The number of nitrogens with two attached hydrogens (primary N) is 1. The van der Waals surface area contributed by atoms with Crippen LogP contribution in [-0.4, -0.2) is 36.7 Å². The Hall–Kier alpha value is -0.970. The van der Waals surface area contributed by atoms with Gasteiger partial charge < -0.3 is 10.5 Å². The van der Waals surface area contributed by atoms with E-state index >= 15 is 0 Å². The summed E-state index contributed by atoms with van der Waals surface area (Å²) in [7, 11) is 0. The van der Waals surface area contributed by atoms with Gasteiger partial charge in [0.1, 0.15) is 5.82 Å². The number of morpholine rings is 1. The average molecular weight is 252 g/mol. The maximum Gasteiger partial charge on any atom is 0.123 e. The van der Waals surface area contributed by atoms with E-state index in [9.17, 15) is 4.39 Å². The Morgan fingerprint density at radius 1 is 1.39 bits per heavy atom. The molecule has 2 N–H and O–H groups in total. The highest BCUT2D eigenvalue weighted by atomic mass is 19.1. The number of halogens is 1. The minimum absolute atomic E-state index is 0.0644. The fourth-order valence-electron chi connectivity index (χ4n) is 2.68. The molecule has 1 aromatic rings. The van der Waals surface area contributed by atoms with Crippen molar-refractivity contribution in [1.29, 1.82) is 0 Å². The van der Waals surface area contributed by atoms with Crippen molar-refractivity contribution in [2.75, 3.05) is 19.6 Å². The van der Waals surface area contributed by atoms with E-state index in [0.29, 0.717) is 6.54 Å². The van der Waals surface area contributed by atoms with Crippen molar-refractivity contribution in [3.8, 4) is 0 Å². The van der Waals surface area contributed by atoms with E-state index in [-0.39, 0.29) is 24.1 Å². The lowest BCUT2D eigenvalue weighted by molar-refractivity contribution is -0.0799. The topological polar surface area (TPSA) is 38.5 Å². The molecule has 0 spiro atoms. The van der Waals surface area contributed by atoms with Gasteiger partial charge in [0.25, 0.3) is 0 Å². The van der Waals surface area contributed by atoms with Crippen molar-refractivity contribution in [3.05, 3.63) is 35.6 Å². The van der Waals surface area contributed by atoms with Crippen LogP contribution in [0.4, 0.5) is 4.39 Å². The Bertz CT molecular complexity index is 389. The Labute approximate surface area is 108 Å². The van der Waals surface area contributed by atoms with Crippen LogP contribution in [0.25, 0.3) is 0 Å². The lowest BCUT2D eigenvalue weighted by atomic mass is 10.0. The molecule has 1 aromatic carbocycles. The molecule has 4 heteroatoms. The van der Waals surface area contributed by atoms with E-state index in [2.05, 4.69) is 18.7 Å². The summed E-state index contributed by atoms with van der Waals surface area (Å²) in [5.41, 5.74) is 6.82. The van der Waals surface area contributed by atoms with Crippen LogP contribution < -0.4 is 5.73 Å². The normalized spacial score (nSPS) is 27.1. The molecule has 1 saturated heterocycles. The van der Waals surface area contributed by atoms with E-state index in [4.69, 9.17) is 10.5 Å². The monoisotopic (exact) mass is 252 g/mol. The number of benzene rings is 1. The summed E-state index contributed by atoms with van der Waals surface area (Å²) in [6, 6.07) is 6.77. The largest absolute Gasteiger partial charge is 0.373 e. The fraction of sp³-hybridized carbons (Fsp3) is 0.571. The second kappa shape index (κ2) is 5.78. The van der Waals surface area contributed by atoms with Gasteiger partial charge in [-0.15, -0.1) is 0 Å². The zero-order valence-corrected chi connectivity index (χ0v) is 11.0. The first-order valence-electron chi connectivity index (χ1n) is 6.45. The molecular formula is C14H21FN2O. The lowest BCUT2D eigenvalue weighted by Crippen LogP contribution is -2.48. The zero-order valence-electron chi connectivity index (χ0n) is 11.0. The molecule has 1 aliphatic heterocycles. The molecule has 0 aromatic heterocycles. The predicted octanol–water partition coefficient (Wildman–Crippen LogP) is 1.93. The van der Waals surface area contributed by atoms with E-state index in [1.165, 1.54) is 6.07 Å². The third-order valence-electron chi connectivity index (χ3n) is 3.35. The maximum absolute atomic E-state index is 13.3. The highest BCUT2D eigenvalue weighted by Crippen LogP contribution is 2.24. The number of rotatable bonds is 3. The van der Waals surface area contributed by atoms with Gasteiger partial charge in [0.15, 0.2) is 0 Å². The van der Waals surface area contributed by atoms with Gasteiger partial charge in [0.05, 0.1) is 12.2 Å². The number of ether oxygens (including phenoxy) is 1. The first kappa shape index (κ1) is 13.5. The van der Waals surface area contributed by atoms with Crippen LogP contribution in [0.2, 0.25) is 0 Å². The van der Waals surface area contributed by atoms with Crippen LogP contribution >= 0.6 is 0 Å². The molecule has 1 heterocycles. The summed E-state index contributed by atoms with van der Waals surface area (Å²) in [5, 5.41) is 0. The van der Waals surface area contributed by atoms with Gasteiger partial charge in [-0.3, -0.25) is 4.90 Å². The van der Waals surface area contributed by atoms with Crippen molar-refractivity contribution in [2.24, 2.45) is 5.73 Å². The Balaban J connectivity index is 2.17. The highest BCUT2D eigenvalue weighted by Gasteiger charge is 2.28. The molecular weight excluding hydrogens is 231 g/mol. The van der Waals surface area contributed by atoms with Crippen molar-refractivity contribution in [2.45, 2.75) is 32.1 Å². The third-order valence-corrected chi connectivity index (χ3v) is 3.35. The van der Waals surface area contributed by atoms with Gasteiger partial charge in [-0.25, -0.2) is 4.39 Å². The van der Waals surface area contributed by atoms with Crippen LogP contribution in [-0.2, 0) is 4.74 Å². The number of nitrogens with zero attached hydrogens (tertiary/aromatic N) is 1. The van der Waals surface area contributed by atoms with Gasteiger partial charge >= 0.3 is 0 Å². The third kappa shape index (κ3) is 3.07. The Morgan fingerprint density at radius 3 is 2.61 bits per heavy atom. The van der Waals surface area contributed by atoms with Gasteiger partial charge in [0, 0.05) is 25.7 Å². The maximum atomic E-state index is 13.3. The number of hydrogen-bond donors (Lipinski definition) is 1. The first-order valence-corrected chi connectivity index (χ1v) is 6.45. The molecule has 1 aliphatic rings. The molecule has 0 bridgehead atoms. The van der Waals surface area contributed by atoms with E-state index < -0.39 is 0 Å². The molecule has 2 rings (SSSR count). The standard InChI is InChI=1S/C14H21FN2O/c1-10-8-17(9-11(2)18-10)14(7-16)12-4-3-5-13(15)6-12/h3-6,10-11,14H,7-9,16H2,1-2H3. The van der Waals surface area contributed by atoms with Crippen LogP contribution in [0.3, 0.4) is 0 Å². The molecule has 3 atom stereocenters. The molecule has 3 nitrogen and oxygen atoms in total. The van der Waals surface area contributed by atoms with Gasteiger partial charge in [-0.1, -0.05) is 12.1 Å². The minimum Gasteiger partial charge on any atom is -0.373 e. The first-order chi connectivity index (χ1) is 8.60. The van der Waals surface area contributed by atoms with E-state index in [0.717, 1.165) is 18.7 Å². The molecule has 0 radical (unpaired) electrons. The summed E-state index contributed by atoms with van der Waals surface area (Å²) in [5.74, 6) is -0.208. The van der Waals surface area contributed by atoms with Crippen LogP contribution in [0.5, 0.6) is 0 Å². The van der Waals surface area contributed by atoms with Crippen molar-refractivity contribution < 1.29 is 9.13 Å². The summed E-state index contributed by atoms with van der Waals surface area (Å²) >= 11 is 0. The summed E-state index contributed by atoms with van der Waals surface area (Å²) < 4.78 is 19.0. The van der Waals surface area contributed by atoms with Crippen LogP contribution in [0, 0.1) is 5.82 Å². The van der Waals surface area contributed by atoms with E-state index in [1.54, 1.807) is 12.1 Å². The fourth-order valence-corrected chi connectivity index (χ4v) is 2.68. The van der Waals surface area contributed by atoms with Crippen LogP contribution in [0.1, 0.15) is 25.5 Å². The van der Waals surface area contributed by atoms with Gasteiger partial charge in [-0.2, -0.15) is 0 Å². The molecule has 0 amide bonds. The minimum atomic E-state index is -0.208. The van der Waals surface area contributed by atoms with Gasteiger partial charge in [-0.05, 0) is 31.5 Å². The molecule has 0 aliphatic carbocycles. The van der Waals surface area contributed by atoms with Crippen molar-refractivity contribution >= 4 is 0 Å². The van der Waals surface area contributed by atoms with Crippen molar-refractivity contribution in [3.63, 3.8) is 0 Å². The van der Waals surface area contributed by atoms with Crippen LogP contribution in [0.15, 0.2) is 24.3 Å². The molecule has 1 fully saturated rings. The summed E-state index contributed by atoms with van der Waals surface area (Å²) in [4.78, 5) is 2.29. The lowest BCUT2D eigenvalue weighted by Gasteiger charge is -2.40. The smallest absolute Gasteiger partial charge is 0.123 e. The number of hydrogen-bond acceptors (Lipinski definition) is 3. The highest BCUT2D eigenvalue weighted by molar-refractivity contribution is 5.21. The average Bonchev–Trinajstić information content (AvgIpc) is 2.28. The molecule has 100 valence electrons. The SMILES string of the molecule is CC1CN(C(CN)c2cccc(F)c2)CC(C)O1. The van der Waals surface area contributed by atoms with Gasteiger partial charge in [0.2, 0.25) is 0 Å². The zero-order chi connectivity index (χ0) is 13.1. The summed E-state index contributed by atoms with van der Waals surface area (Å²) in [6.07, 6.45) is 0.382. The van der Waals surface area contributed by atoms with Crippen molar-refractivity contribution in [1.82, 2.24) is 4.90 Å². The molecule has 18 heavy (non-hydrogen) atoms.